The average molecular weight is 305 g/mol. The molecule has 0 spiro atoms. The zero-order chi connectivity index (χ0) is 13.9. The van der Waals surface area contributed by atoms with Gasteiger partial charge in [-0.25, -0.2) is 0 Å². The molecule has 0 saturated heterocycles. The van der Waals surface area contributed by atoms with Gasteiger partial charge in [0, 0.05) is 17.8 Å². The second-order valence-corrected chi connectivity index (χ2v) is 7.86. The molecule has 2 N–H and O–H groups in total. The first-order valence-corrected chi connectivity index (χ1v) is 8.68. The Morgan fingerprint density at radius 1 is 1.30 bits per heavy atom. The molecular formula is C16H19NOS2. The van der Waals surface area contributed by atoms with Crippen molar-refractivity contribution in [3.05, 3.63) is 52.4 Å². The maximum Gasteiger partial charge on any atom is 0.0681 e. The number of fused-ring (bicyclic) bond motifs is 1. The highest BCUT2D eigenvalue weighted by Gasteiger charge is 2.25. The molecule has 3 rings (SSSR count). The van der Waals surface area contributed by atoms with Crippen LogP contribution in [-0.2, 0) is 13.2 Å². The van der Waals surface area contributed by atoms with Gasteiger partial charge in [-0.05, 0) is 34.6 Å². The summed E-state index contributed by atoms with van der Waals surface area (Å²) in [4.78, 5) is 0. The Balaban J connectivity index is 1.69. The van der Waals surface area contributed by atoms with Gasteiger partial charge in [0.2, 0.25) is 0 Å². The summed E-state index contributed by atoms with van der Waals surface area (Å²) < 4.78 is 1.46. The third-order valence-corrected chi connectivity index (χ3v) is 5.98. The van der Waals surface area contributed by atoms with Gasteiger partial charge in [0.1, 0.15) is 0 Å². The SMILES string of the molecule is C[C@H]1CC(NCc2cccc(CO)c2)c2ccsc2S1. The largest absolute Gasteiger partial charge is 0.392 e. The summed E-state index contributed by atoms with van der Waals surface area (Å²) in [6, 6.07) is 10.9. The van der Waals surface area contributed by atoms with Crippen LogP contribution >= 0.6 is 23.1 Å². The molecular weight excluding hydrogens is 286 g/mol. The Morgan fingerprint density at radius 3 is 3.00 bits per heavy atom. The highest BCUT2D eigenvalue weighted by molar-refractivity contribution is 8.01. The highest BCUT2D eigenvalue weighted by Crippen LogP contribution is 2.43. The zero-order valence-corrected chi connectivity index (χ0v) is 13.1. The highest BCUT2D eigenvalue weighted by atomic mass is 32.2. The minimum Gasteiger partial charge on any atom is -0.392 e. The first kappa shape index (κ1) is 14.1. The monoisotopic (exact) mass is 305 g/mol. The van der Waals surface area contributed by atoms with Gasteiger partial charge in [0.05, 0.1) is 10.8 Å². The quantitative estimate of drug-likeness (QED) is 0.897. The Bertz CT molecular complexity index is 581. The standard InChI is InChI=1S/C16H19NOS2/c1-11-7-15(14-5-6-19-16(14)20-11)17-9-12-3-2-4-13(8-12)10-18/h2-6,8,11,15,17-18H,7,9-10H2,1H3/t11-,15?/m0/s1. The lowest BCUT2D eigenvalue weighted by Crippen LogP contribution is -2.26. The molecule has 106 valence electrons. The van der Waals surface area contributed by atoms with Gasteiger partial charge < -0.3 is 10.4 Å². The van der Waals surface area contributed by atoms with Crippen molar-refractivity contribution in [1.82, 2.24) is 5.32 Å². The molecule has 1 aromatic heterocycles. The van der Waals surface area contributed by atoms with E-state index in [9.17, 15) is 5.11 Å². The lowest BCUT2D eigenvalue weighted by atomic mass is 10.0. The van der Waals surface area contributed by atoms with Crippen LogP contribution in [0.3, 0.4) is 0 Å². The summed E-state index contributed by atoms with van der Waals surface area (Å²) in [6.07, 6.45) is 1.17. The van der Waals surface area contributed by atoms with Crippen molar-refractivity contribution in [2.75, 3.05) is 0 Å². The van der Waals surface area contributed by atoms with Crippen molar-refractivity contribution in [2.45, 2.75) is 42.0 Å². The number of thiophene rings is 1. The van der Waals surface area contributed by atoms with Crippen LogP contribution in [0.15, 0.2) is 39.9 Å². The van der Waals surface area contributed by atoms with E-state index in [-0.39, 0.29) is 6.61 Å². The number of benzene rings is 1. The molecule has 1 aliphatic rings. The molecule has 1 aliphatic heterocycles. The predicted molar refractivity (Wildman–Crippen MR) is 86.2 cm³/mol. The van der Waals surface area contributed by atoms with E-state index < -0.39 is 0 Å². The first-order valence-electron chi connectivity index (χ1n) is 6.92. The van der Waals surface area contributed by atoms with Gasteiger partial charge >= 0.3 is 0 Å². The number of aliphatic hydroxyl groups excluding tert-OH is 1. The fourth-order valence-corrected chi connectivity index (χ4v) is 5.19. The Hall–Kier alpha value is -0.810. The van der Waals surface area contributed by atoms with Gasteiger partial charge in [-0.1, -0.05) is 31.2 Å². The van der Waals surface area contributed by atoms with Crippen LogP contribution in [0.2, 0.25) is 0 Å². The molecule has 20 heavy (non-hydrogen) atoms. The lowest BCUT2D eigenvalue weighted by molar-refractivity contribution is 0.281. The average Bonchev–Trinajstić information content (AvgIpc) is 2.93. The molecule has 4 heteroatoms. The summed E-state index contributed by atoms with van der Waals surface area (Å²) in [5.41, 5.74) is 3.67. The van der Waals surface area contributed by atoms with Crippen molar-refractivity contribution >= 4 is 23.1 Å². The number of hydrogen-bond donors (Lipinski definition) is 2. The van der Waals surface area contributed by atoms with Crippen LogP contribution in [-0.4, -0.2) is 10.4 Å². The smallest absolute Gasteiger partial charge is 0.0681 e. The first-order chi connectivity index (χ1) is 9.76. The number of nitrogens with one attached hydrogen (secondary N) is 1. The van der Waals surface area contributed by atoms with Crippen LogP contribution in [0.1, 0.15) is 36.1 Å². The third kappa shape index (κ3) is 3.09. The van der Waals surface area contributed by atoms with E-state index in [4.69, 9.17) is 0 Å². The summed E-state index contributed by atoms with van der Waals surface area (Å²) in [5.74, 6) is 0. The Kier molecular flexibility index (Phi) is 4.46. The Morgan fingerprint density at radius 2 is 2.15 bits per heavy atom. The van der Waals surface area contributed by atoms with Crippen LogP contribution in [0.4, 0.5) is 0 Å². The van der Waals surface area contributed by atoms with E-state index in [2.05, 4.69) is 35.8 Å². The molecule has 0 bridgehead atoms. The number of aliphatic hydroxyl groups is 1. The molecule has 0 fully saturated rings. The minimum absolute atomic E-state index is 0.111. The third-order valence-electron chi connectivity index (χ3n) is 3.64. The summed E-state index contributed by atoms with van der Waals surface area (Å²) in [5, 5.41) is 15.7. The summed E-state index contributed by atoms with van der Waals surface area (Å²) in [6.45, 7) is 3.26. The molecule has 0 radical (unpaired) electrons. The topological polar surface area (TPSA) is 32.3 Å². The lowest BCUT2D eigenvalue weighted by Gasteiger charge is -2.27. The fourth-order valence-electron chi connectivity index (χ4n) is 2.62. The molecule has 2 nitrogen and oxygen atoms in total. The minimum atomic E-state index is 0.111. The van der Waals surface area contributed by atoms with Crippen molar-refractivity contribution in [1.29, 1.82) is 0 Å². The van der Waals surface area contributed by atoms with Crippen LogP contribution < -0.4 is 5.32 Å². The van der Waals surface area contributed by atoms with Crippen LogP contribution in [0.5, 0.6) is 0 Å². The predicted octanol–water partition coefficient (Wildman–Crippen LogP) is 3.96. The van der Waals surface area contributed by atoms with E-state index in [1.807, 2.05) is 35.2 Å². The zero-order valence-electron chi connectivity index (χ0n) is 11.5. The molecule has 1 unspecified atom stereocenters. The van der Waals surface area contributed by atoms with E-state index >= 15 is 0 Å². The van der Waals surface area contributed by atoms with Crippen molar-refractivity contribution in [2.24, 2.45) is 0 Å². The molecule has 1 aromatic carbocycles. The van der Waals surface area contributed by atoms with Gasteiger partial charge in [-0.3, -0.25) is 0 Å². The number of thioether (sulfide) groups is 1. The molecule has 2 aromatic rings. The normalized spacial score (nSPS) is 21.7. The molecule has 0 aliphatic carbocycles. The van der Waals surface area contributed by atoms with Crippen LogP contribution in [0.25, 0.3) is 0 Å². The second kappa shape index (κ2) is 6.31. The van der Waals surface area contributed by atoms with Crippen molar-refractivity contribution in [3.8, 4) is 0 Å². The van der Waals surface area contributed by atoms with E-state index in [0.717, 1.165) is 12.1 Å². The maximum atomic E-state index is 9.19. The molecule has 2 heterocycles. The van der Waals surface area contributed by atoms with Gasteiger partial charge in [0.25, 0.3) is 0 Å². The molecule has 0 amide bonds. The fraction of sp³-hybridized carbons (Fsp3) is 0.375. The summed E-state index contributed by atoms with van der Waals surface area (Å²) in [7, 11) is 0. The Labute approximate surface area is 128 Å². The van der Waals surface area contributed by atoms with Crippen LogP contribution in [0, 0.1) is 0 Å². The van der Waals surface area contributed by atoms with Crippen molar-refractivity contribution in [3.63, 3.8) is 0 Å². The van der Waals surface area contributed by atoms with E-state index in [0.29, 0.717) is 11.3 Å². The van der Waals surface area contributed by atoms with E-state index in [1.54, 1.807) is 0 Å². The summed E-state index contributed by atoms with van der Waals surface area (Å²) >= 11 is 3.85. The molecule has 2 atom stereocenters. The molecule has 0 saturated carbocycles. The van der Waals surface area contributed by atoms with E-state index in [1.165, 1.54) is 21.8 Å². The van der Waals surface area contributed by atoms with Gasteiger partial charge in [-0.15, -0.1) is 23.1 Å². The van der Waals surface area contributed by atoms with Crippen molar-refractivity contribution < 1.29 is 5.11 Å². The number of hydrogen-bond acceptors (Lipinski definition) is 4. The second-order valence-electron chi connectivity index (χ2n) is 5.24. The van der Waals surface area contributed by atoms with Gasteiger partial charge in [0.15, 0.2) is 0 Å². The number of rotatable bonds is 4. The van der Waals surface area contributed by atoms with Gasteiger partial charge in [-0.2, -0.15) is 0 Å². The maximum absolute atomic E-state index is 9.19.